The Morgan fingerprint density at radius 3 is 2.35 bits per heavy atom. The SMILES string of the molecule is C=C(C)[C@@H]1C[C@@H](c2ccc(Cl)cc2)[C@@H](CC(C)C)O[C@H]1c1cc(C(C)(C)c2ccccc2)ccc1OCC(=O)O. The zero-order valence-electron chi connectivity index (χ0n) is 24.2. The van der Waals surface area contributed by atoms with Gasteiger partial charge in [-0.2, -0.15) is 0 Å². The fraction of sp³-hybridized carbons (Fsp3) is 0.400. The van der Waals surface area contributed by atoms with Gasteiger partial charge >= 0.3 is 5.97 Å². The molecule has 212 valence electrons. The molecular formula is C35H41ClO4. The number of carboxylic acid groups (broad SMARTS) is 1. The molecule has 0 saturated carbocycles. The highest BCUT2D eigenvalue weighted by Gasteiger charge is 2.41. The van der Waals surface area contributed by atoms with E-state index in [0.29, 0.717) is 16.7 Å². The molecule has 1 fully saturated rings. The minimum atomic E-state index is -1.01. The number of carbonyl (C=O) groups is 1. The Kier molecular flexibility index (Phi) is 9.43. The summed E-state index contributed by atoms with van der Waals surface area (Å²) in [7, 11) is 0. The summed E-state index contributed by atoms with van der Waals surface area (Å²) in [5.74, 6) is 0.171. The van der Waals surface area contributed by atoms with Crippen LogP contribution < -0.4 is 4.74 Å². The number of aliphatic carboxylic acids is 1. The molecule has 0 aromatic heterocycles. The topological polar surface area (TPSA) is 55.8 Å². The molecule has 4 rings (SSSR count). The monoisotopic (exact) mass is 560 g/mol. The smallest absolute Gasteiger partial charge is 0.341 e. The first kappa shape index (κ1) is 29.9. The molecule has 0 radical (unpaired) electrons. The molecule has 40 heavy (non-hydrogen) atoms. The van der Waals surface area contributed by atoms with Gasteiger partial charge in [0, 0.05) is 27.8 Å². The third-order valence-electron chi connectivity index (χ3n) is 8.16. The molecular weight excluding hydrogens is 520 g/mol. The largest absolute Gasteiger partial charge is 0.482 e. The van der Waals surface area contributed by atoms with Crippen molar-refractivity contribution in [3.8, 4) is 5.75 Å². The average Bonchev–Trinajstić information content (AvgIpc) is 2.92. The molecule has 0 amide bonds. The maximum atomic E-state index is 11.5. The van der Waals surface area contributed by atoms with Crippen molar-refractivity contribution in [3.05, 3.63) is 112 Å². The Morgan fingerprint density at radius 1 is 1.07 bits per heavy atom. The van der Waals surface area contributed by atoms with Gasteiger partial charge < -0.3 is 14.6 Å². The number of halogens is 1. The van der Waals surface area contributed by atoms with Gasteiger partial charge in [-0.3, -0.25) is 0 Å². The third-order valence-corrected chi connectivity index (χ3v) is 8.41. The van der Waals surface area contributed by atoms with Crippen LogP contribution in [0.3, 0.4) is 0 Å². The highest BCUT2D eigenvalue weighted by Crippen LogP contribution is 2.50. The summed E-state index contributed by atoms with van der Waals surface area (Å²) in [4.78, 5) is 11.5. The van der Waals surface area contributed by atoms with Crippen molar-refractivity contribution in [1.29, 1.82) is 0 Å². The van der Waals surface area contributed by atoms with Crippen LogP contribution >= 0.6 is 11.6 Å². The van der Waals surface area contributed by atoms with E-state index in [1.165, 1.54) is 11.1 Å². The van der Waals surface area contributed by atoms with E-state index in [4.69, 9.17) is 21.1 Å². The molecule has 1 saturated heterocycles. The molecule has 1 N–H and O–H groups in total. The van der Waals surface area contributed by atoms with Crippen molar-refractivity contribution in [2.45, 2.75) is 71.0 Å². The van der Waals surface area contributed by atoms with E-state index in [1.54, 1.807) is 0 Å². The van der Waals surface area contributed by atoms with E-state index in [0.717, 1.165) is 29.5 Å². The van der Waals surface area contributed by atoms with Crippen LogP contribution in [0.25, 0.3) is 0 Å². The molecule has 0 spiro atoms. The summed E-state index contributed by atoms with van der Waals surface area (Å²) in [5.41, 5.74) is 5.14. The summed E-state index contributed by atoms with van der Waals surface area (Å²) in [6, 6.07) is 24.6. The Hall–Kier alpha value is -3.08. The van der Waals surface area contributed by atoms with Gasteiger partial charge in [0.05, 0.1) is 12.2 Å². The Bertz CT molecular complexity index is 1310. The molecule has 5 heteroatoms. The van der Waals surface area contributed by atoms with E-state index < -0.39 is 12.6 Å². The lowest BCUT2D eigenvalue weighted by Gasteiger charge is -2.44. The highest BCUT2D eigenvalue weighted by molar-refractivity contribution is 6.30. The first-order valence-electron chi connectivity index (χ1n) is 14.1. The fourth-order valence-electron chi connectivity index (χ4n) is 5.87. The lowest BCUT2D eigenvalue weighted by Crippen LogP contribution is -2.37. The van der Waals surface area contributed by atoms with Crippen molar-refractivity contribution in [1.82, 2.24) is 0 Å². The summed E-state index contributed by atoms with van der Waals surface area (Å²) in [6.45, 7) is 14.8. The molecule has 1 aliphatic rings. The van der Waals surface area contributed by atoms with Crippen molar-refractivity contribution < 1.29 is 19.4 Å². The van der Waals surface area contributed by atoms with Crippen LogP contribution in [0.5, 0.6) is 5.75 Å². The lowest BCUT2D eigenvalue weighted by atomic mass is 9.72. The number of ether oxygens (including phenoxy) is 2. The Labute approximate surface area is 244 Å². The molecule has 0 aliphatic carbocycles. The van der Waals surface area contributed by atoms with Crippen LogP contribution in [0.2, 0.25) is 5.02 Å². The fourth-order valence-corrected chi connectivity index (χ4v) is 6.00. The number of hydrogen-bond acceptors (Lipinski definition) is 3. The average molecular weight is 561 g/mol. The van der Waals surface area contributed by atoms with Gasteiger partial charge in [-0.25, -0.2) is 4.79 Å². The van der Waals surface area contributed by atoms with Crippen LogP contribution in [-0.4, -0.2) is 23.8 Å². The van der Waals surface area contributed by atoms with Crippen LogP contribution in [0.4, 0.5) is 0 Å². The minimum absolute atomic E-state index is 0.0198. The van der Waals surface area contributed by atoms with E-state index in [1.807, 2.05) is 30.3 Å². The second-order valence-corrected chi connectivity index (χ2v) is 12.4. The molecule has 4 nitrogen and oxygen atoms in total. The van der Waals surface area contributed by atoms with E-state index in [-0.39, 0.29) is 29.5 Å². The zero-order chi connectivity index (χ0) is 29.0. The van der Waals surface area contributed by atoms with Crippen molar-refractivity contribution >= 4 is 17.6 Å². The van der Waals surface area contributed by atoms with E-state index >= 15 is 0 Å². The molecule has 0 bridgehead atoms. The van der Waals surface area contributed by atoms with Crippen molar-refractivity contribution in [3.63, 3.8) is 0 Å². The summed E-state index contributed by atoms with van der Waals surface area (Å²) in [5, 5.41) is 10.1. The first-order valence-corrected chi connectivity index (χ1v) is 14.5. The van der Waals surface area contributed by atoms with Crippen LogP contribution in [0.15, 0.2) is 84.9 Å². The second-order valence-electron chi connectivity index (χ2n) is 12.0. The maximum Gasteiger partial charge on any atom is 0.341 e. The summed E-state index contributed by atoms with van der Waals surface area (Å²) >= 11 is 6.22. The van der Waals surface area contributed by atoms with Crippen molar-refractivity contribution in [2.24, 2.45) is 11.8 Å². The summed E-state index contributed by atoms with van der Waals surface area (Å²) in [6.07, 6.45) is 1.41. The maximum absolute atomic E-state index is 11.5. The predicted molar refractivity (Wildman–Crippen MR) is 162 cm³/mol. The molecule has 1 aliphatic heterocycles. The molecule has 4 atom stereocenters. The normalized spacial score (nSPS) is 21.3. The van der Waals surface area contributed by atoms with Gasteiger partial charge in [0.1, 0.15) is 5.75 Å². The minimum Gasteiger partial charge on any atom is -0.482 e. The van der Waals surface area contributed by atoms with Gasteiger partial charge in [-0.1, -0.05) is 100.0 Å². The van der Waals surface area contributed by atoms with Gasteiger partial charge in [-0.05, 0) is 66.6 Å². The van der Waals surface area contributed by atoms with Crippen LogP contribution in [-0.2, 0) is 14.9 Å². The Balaban J connectivity index is 1.81. The Morgan fingerprint density at radius 2 is 1.75 bits per heavy atom. The molecule has 1 heterocycles. The molecule has 3 aromatic rings. The third kappa shape index (κ3) is 6.79. The van der Waals surface area contributed by atoms with E-state index in [9.17, 15) is 9.90 Å². The van der Waals surface area contributed by atoms with Gasteiger partial charge in [0.2, 0.25) is 0 Å². The van der Waals surface area contributed by atoms with Gasteiger partial charge in [0.25, 0.3) is 0 Å². The number of carboxylic acids is 1. The molecule has 3 aromatic carbocycles. The van der Waals surface area contributed by atoms with Gasteiger partial charge in [0.15, 0.2) is 6.61 Å². The van der Waals surface area contributed by atoms with Gasteiger partial charge in [-0.15, -0.1) is 0 Å². The second kappa shape index (κ2) is 12.6. The number of benzene rings is 3. The molecule has 0 unspecified atom stereocenters. The number of hydrogen-bond donors (Lipinski definition) is 1. The highest BCUT2D eigenvalue weighted by atomic mass is 35.5. The van der Waals surface area contributed by atoms with Crippen molar-refractivity contribution in [2.75, 3.05) is 6.61 Å². The van der Waals surface area contributed by atoms with E-state index in [2.05, 4.69) is 83.7 Å². The first-order chi connectivity index (χ1) is 19.0. The lowest BCUT2D eigenvalue weighted by molar-refractivity contribution is -0.139. The number of rotatable bonds is 10. The predicted octanol–water partition coefficient (Wildman–Crippen LogP) is 8.98. The zero-order valence-corrected chi connectivity index (χ0v) is 24.9. The quantitative estimate of drug-likeness (QED) is 0.251. The standard InChI is InChI=1S/C35H41ClO4/c1-22(2)18-32-29(24-12-15-27(36)16-13-24)20-28(23(3)4)34(40-32)30-19-26(14-17-31(30)39-21-33(37)38)35(5,6)25-10-8-7-9-11-25/h7-17,19,22,28-29,32,34H,3,18,20-21H2,1-2,4-6H3,(H,37,38)/t28-,29-,32+,34+/m0/s1. The van der Waals surface area contributed by atoms with Crippen LogP contribution in [0.1, 0.15) is 81.7 Å². The summed E-state index contributed by atoms with van der Waals surface area (Å²) < 4.78 is 12.9. The van der Waals surface area contributed by atoms with Crippen LogP contribution in [0, 0.1) is 11.8 Å².